The van der Waals surface area contributed by atoms with Crippen molar-refractivity contribution in [1.82, 2.24) is 5.32 Å². The number of rotatable bonds is 7. The Morgan fingerprint density at radius 3 is 2.44 bits per heavy atom. The molecular formula is C19H22ClN3O2. The molecule has 0 bridgehead atoms. The van der Waals surface area contributed by atoms with E-state index in [-0.39, 0.29) is 24.4 Å². The Kier molecular flexibility index (Phi) is 6.83. The molecule has 0 fully saturated rings. The predicted molar refractivity (Wildman–Crippen MR) is 101 cm³/mol. The highest BCUT2D eigenvalue weighted by Gasteiger charge is 2.10. The topological polar surface area (TPSA) is 76.7 Å². The van der Waals surface area contributed by atoms with Crippen LogP contribution < -0.4 is 11.1 Å². The second-order valence-corrected chi connectivity index (χ2v) is 6.08. The van der Waals surface area contributed by atoms with Gasteiger partial charge in [-0.25, -0.2) is 0 Å². The summed E-state index contributed by atoms with van der Waals surface area (Å²) in [5.41, 5.74) is 8.77. The fraction of sp³-hybridized carbons (Fsp3) is 0.263. The summed E-state index contributed by atoms with van der Waals surface area (Å²) in [6, 6.07) is 14.9. The number of benzene rings is 2. The first-order valence-corrected chi connectivity index (χ1v) is 8.47. The average Bonchev–Trinajstić information content (AvgIpc) is 2.62. The van der Waals surface area contributed by atoms with Gasteiger partial charge in [0.1, 0.15) is 0 Å². The number of halogens is 1. The van der Waals surface area contributed by atoms with Crippen molar-refractivity contribution >= 4 is 23.3 Å². The fourth-order valence-corrected chi connectivity index (χ4v) is 2.37. The van der Waals surface area contributed by atoms with Gasteiger partial charge in [-0.1, -0.05) is 47.9 Å². The third kappa shape index (κ3) is 5.80. The number of amides is 1. The number of hydrogen-bond acceptors (Lipinski definition) is 3. The van der Waals surface area contributed by atoms with E-state index in [0.29, 0.717) is 10.6 Å². The third-order valence-electron chi connectivity index (χ3n) is 3.76. The summed E-state index contributed by atoms with van der Waals surface area (Å²) < 4.78 is 0. The van der Waals surface area contributed by atoms with Crippen molar-refractivity contribution in [2.24, 2.45) is 10.9 Å². The van der Waals surface area contributed by atoms with E-state index < -0.39 is 0 Å². The Balaban J connectivity index is 1.83. The highest BCUT2D eigenvalue weighted by Crippen LogP contribution is 2.13. The fourth-order valence-electron chi connectivity index (χ4n) is 2.24. The minimum Gasteiger partial charge on any atom is -0.384 e. The molecule has 6 heteroatoms. The van der Waals surface area contributed by atoms with Crippen LogP contribution in [0.3, 0.4) is 0 Å². The van der Waals surface area contributed by atoms with E-state index in [1.54, 1.807) is 24.3 Å². The van der Waals surface area contributed by atoms with Crippen molar-refractivity contribution in [1.29, 1.82) is 0 Å². The van der Waals surface area contributed by atoms with E-state index in [1.165, 1.54) is 5.56 Å². The number of carbonyl (C=O) groups is 1. The lowest BCUT2D eigenvalue weighted by molar-refractivity contribution is -0.126. The van der Waals surface area contributed by atoms with Crippen LogP contribution in [0.15, 0.2) is 53.7 Å². The number of nitrogens with zero attached hydrogens (tertiary/aromatic N) is 1. The standard InChI is InChI=1S/C19H22ClN3O2/c1-3-14-4-6-15(7-5-14)13(2)22-18(24)12-25-23-19(21)16-8-10-17(20)11-9-16/h4-11,13H,3,12H2,1-2H3,(H2,21,23)(H,22,24). The zero-order valence-corrected chi connectivity index (χ0v) is 15.1. The van der Waals surface area contributed by atoms with Crippen molar-refractivity contribution in [3.05, 3.63) is 70.2 Å². The SMILES string of the molecule is CCc1ccc(C(C)NC(=O)CON=C(N)c2ccc(Cl)cc2)cc1. The second kappa shape index (κ2) is 9.08. The van der Waals surface area contributed by atoms with Gasteiger partial charge < -0.3 is 15.9 Å². The van der Waals surface area contributed by atoms with Crippen LogP contribution >= 0.6 is 11.6 Å². The number of nitrogens with one attached hydrogen (secondary N) is 1. The predicted octanol–water partition coefficient (Wildman–Crippen LogP) is 3.42. The Bertz CT molecular complexity index is 727. The van der Waals surface area contributed by atoms with Crippen LogP contribution in [0, 0.1) is 0 Å². The summed E-state index contributed by atoms with van der Waals surface area (Å²) in [5.74, 6) is -0.0765. The van der Waals surface area contributed by atoms with Crippen molar-refractivity contribution in [3.63, 3.8) is 0 Å². The van der Waals surface area contributed by atoms with E-state index >= 15 is 0 Å². The summed E-state index contributed by atoms with van der Waals surface area (Å²) in [7, 11) is 0. The van der Waals surface area contributed by atoms with Gasteiger partial charge in [0.25, 0.3) is 5.91 Å². The lowest BCUT2D eigenvalue weighted by atomic mass is 10.1. The van der Waals surface area contributed by atoms with Gasteiger partial charge in [-0.15, -0.1) is 0 Å². The normalized spacial score (nSPS) is 12.5. The molecule has 2 aromatic rings. The van der Waals surface area contributed by atoms with Gasteiger partial charge in [-0.2, -0.15) is 0 Å². The first-order valence-electron chi connectivity index (χ1n) is 8.09. The van der Waals surface area contributed by atoms with Crippen LogP contribution in [0.5, 0.6) is 0 Å². The maximum absolute atomic E-state index is 11.9. The van der Waals surface area contributed by atoms with Gasteiger partial charge in [0.2, 0.25) is 0 Å². The first-order chi connectivity index (χ1) is 12.0. The number of amidine groups is 1. The van der Waals surface area contributed by atoms with Gasteiger partial charge in [0.05, 0.1) is 6.04 Å². The molecule has 1 amide bonds. The Hall–Kier alpha value is -2.53. The van der Waals surface area contributed by atoms with Crippen LogP contribution in [0.1, 0.15) is 36.6 Å². The molecule has 0 heterocycles. The summed E-state index contributed by atoms with van der Waals surface area (Å²) in [5, 5.41) is 7.23. The van der Waals surface area contributed by atoms with Gasteiger partial charge in [0.15, 0.2) is 12.4 Å². The lowest BCUT2D eigenvalue weighted by Gasteiger charge is -2.14. The van der Waals surface area contributed by atoms with Crippen LogP contribution in [0.25, 0.3) is 0 Å². The molecule has 0 aliphatic rings. The summed E-state index contributed by atoms with van der Waals surface area (Å²) in [6.07, 6.45) is 0.988. The molecule has 3 N–H and O–H groups in total. The van der Waals surface area contributed by atoms with Crippen LogP contribution in [0.2, 0.25) is 5.02 Å². The smallest absolute Gasteiger partial charge is 0.261 e. The lowest BCUT2D eigenvalue weighted by Crippen LogP contribution is -2.30. The number of carbonyl (C=O) groups excluding carboxylic acids is 1. The molecule has 0 aliphatic heterocycles. The van der Waals surface area contributed by atoms with Crippen molar-refractivity contribution in [2.45, 2.75) is 26.3 Å². The molecule has 0 saturated carbocycles. The molecule has 25 heavy (non-hydrogen) atoms. The average molecular weight is 360 g/mol. The summed E-state index contributed by atoms with van der Waals surface area (Å²) in [6.45, 7) is 3.82. The minimum absolute atomic E-state index is 0.111. The zero-order chi connectivity index (χ0) is 18.2. The Morgan fingerprint density at radius 2 is 1.84 bits per heavy atom. The van der Waals surface area contributed by atoms with Gasteiger partial charge in [0, 0.05) is 10.6 Å². The molecule has 0 radical (unpaired) electrons. The van der Waals surface area contributed by atoms with E-state index in [1.807, 2.05) is 19.1 Å². The largest absolute Gasteiger partial charge is 0.384 e. The Morgan fingerprint density at radius 1 is 1.20 bits per heavy atom. The monoisotopic (exact) mass is 359 g/mol. The molecule has 0 aromatic heterocycles. The maximum atomic E-state index is 11.9. The number of nitrogens with two attached hydrogens (primary N) is 1. The molecule has 2 aromatic carbocycles. The summed E-state index contributed by atoms with van der Waals surface area (Å²) in [4.78, 5) is 17.0. The quantitative estimate of drug-likeness (QED) is 0.452. The third-order valence-corrected chi connectivity index (χ3v) is 4.02. The molecule has 0 aliphatic carbocycles. The number of aryl methyl sites for hydroxylation is 1. The zero-order valence-electron chi connectivity index (χ0n) is 14.3. The molecule has 0 spiro atoms. The van der Waals surface area contributed by atoms with Gasteiger partial charge >= 0.3 is 0 Å². The van der Waals surface area contributed by atoms with Crippen LogP contribution in [-0.2, 0) is 16.1 Å². The molecular weight excluding hydrogens is 338 g/mol. The van der Waals surface area contributed by atoms with Crippen LogP contribution in [-0.4, -0.2) is 18.3 Å². The molecule has 1 unspecified atom stereocenters. The van der Waals surface area contributed by atoms with Crippen molar-refractivity contribution in [3.8, 4) is 0 Å². The molecule has 1 atom stereocenters. The molecule has 0 saturated heterocycles. The van der Waals surface area contributed by atoms with Crippen LogP contribution in [0.4, 0.5) is 0 Å². The molecule has 5 nitrogen and oxygen atoms in total. The highest BCUT2D eigenvalue weighted by atomic mass is 35.5. The molecule has 2 rings (SSSR count). The number of oxime groups is 1. The maximum Gasteiger partial charge on any atom is 0.261 e. The molecule has 132 valence electrons. The van der Waals surface area contributed by atoms with E-state index in [9.17, 15) is 4.79 Å². The van der Waals surface area contributed by atoms with E-state index in [2.05, 4.69) is 29.5 Å². The highest BCUT2D eigenvalue weighted by molar-refractivity contribution is 6.30. The number of hydrogen-bond donors (Lipinski definition) is 2. The van der Waals surface area contributed by atoms with Gasteiger partial charge in [-0.05, 0) is 48.7 Å². The minimum atomic E-state index is -0.264. The Labute approximate surface area is 152 Å². The van der Waals surface area contributed by atoms with Crippen molar-refractivity contribution in [2.75, 3.05) is 6.61 Å². The van der Waals surface area contributed by atoms with Gasteiger partial charge in [-0.3, -0.25) is 4.79 Å². The van der Waals surface area contributed by atoms with E-state index in [4.69, 9.17) is 22.2 Å². The summed E-state index contributed by atoms with van der Waals surface area (Å²) >= 11 is 5.81. The van der Waals surface area contributed by atoms with E-state index in [0.717, 1.165) is 12.0 Å². The van der Waals surface area contributed by atoms with Crippen molar-refractivity contribution < 1.29 is 9.63 Å². The first kappa shape index (κ1) is 18.8. The second-order valence-electron chi connectivity index (χ2n) is 5.64.